The van der Waals surface area contributed by atoms with Gasteiger partial charge in [0.05, 0.1) is 5.92 Å². The van der Waals surface area contributed by atoms with E-state index in [1.54, 1.807) is 0 Å². The van der Waals surface area contributed by atoms with Crippen LogP contribution in [0.4, 0.5) is 0 Å². The first kappa shape index (κ1) is 15.0. The SMILES string of the molecule is CCC(C(=O)NCC1NCCCC1C)c1ccccc1. The van der Waals surface area contributed by atoms with Crippen molar-refractivity contribution in [2.45, 2.75) is 45.1 Å². The molecule has 2 rings (SSSR count). The molecule has 0 radical (unpaired) electrons. The van der Waals surface area contributed by atoms with Crippen LogP contribution < -0.4 is 10.6 Å². The van der Waals surface area contributed by atoms with Gasteiger partial charge in [-0.2, -0.15) is 0 Å². The van der Waals surface area contributed by atoms with Crippen molar-refractivity contribution in [3.63, 3.8) is 0 Å². The maximum Gasteiger partial charge on any atom is 0.227 e. The molecule has 3 unspecified atom stereocenters. The summed E-state index contributed by atoms with van der Waals surface area (Å²) in [7, 11) is 0. The summed E-state index contributed by atoms with van der Waals surface area (Å²) in [5, 5.41) is 6.64. The molecule has 110 valence electrons. The fraction of sp³-hybridized carbons (Fsp3) is 0.588. The molecule has 1 aliphatic rings. The average molecular weight is 274 g/mol. The highest BCUT2D eigenvalue weighted by molar-refractivity contribution is 5.83. The Kier molecular flexibility index (Phi) is 5.60. The van der Waals surface area contributed by atoms with Crippen LogP contribution in [0, 0.1) is 5.92 Å². The van der Waals surface area contributed by atoms with Gasteiger partial charge in [0.25, 0.3) is 0 Å². The number of benzene rings is 1. The first-order valence-corrected chi connectivity index (χ1v) is 7.78. The van der Waals surface area contributed by atoms with Crippen LogP contribution in [-0.4, -0.2) is 25.0 Å². The third-order valence-electron chi connectivity index (χ3n) is 4.35. The van der Waals surface area contributed by atoms with Crippen molar-refractivity contribution in [3.05, 3.63) is 35.9 Å². The zero-order valence-corrected chi connectivity index (χ0v) is 12.6. The maximum absolute atomic E-state index is 12.4. The maximum atomic E-state index is 12.4. The van der Waals surface area contributed by atoms with Gasteiger partial charge in [-0.05, 0) is 37.3 Å². The van der Waals surface area contributed by atoms with E-state index in [0.717, 1.165) is 25.1 Å². The molecule has 1 aromatic carbocycles. The summed E-state index contributed by atoms with van der Waals surface area (Å²) in [6, 6.07) is 10.5. The van der Waals surface area contributed by atoms with E-state index in [1.807, 2.05) is 30.3 Å². The second-order valence-corrected chi connectivity index (χ2v) is 5.80. The third kappa shape index (κ3) is 3.83. The summed E-state index contributed by atoms with van der Waals surface area (Å²) in [4.78, 5) is 12.4. The van der Waals surface area contributed by atoms with Gasteiger partial charge in [-0.3, -0.25) is 4.79 Å². The molecule has 3 atom stereocenters. The van der Waals surface area contributed by atoms with Gasteiger partial charge in [0, 0.05) is 12.6 Å². The van der Waals surface area contributed by atoms with Crippen LogP contribution in [0.3, 0.4) is 0 Å². The number of nitrogens with one attached hydrogen (secondary N) is 2. The van der Waals surface area contributed by atoms with Gasteiger partial charge in [-0.25, -0.2) is 0 Å². The first-order chi connectivity index (χ1) is 9.72. The Morgan fingerprint density at radius 3 is 2.80 bits per heavy atom. The van der Waals surface area contributed by atoms with Gasteiger partial charge in [-0.15, -0.1) is 0 Å². The number of amides is 1. The summed E-state index contributed by atoms with van der Waals surface area (Å²) in [6.07, 6.45) is 3.33. The standard InChI is InChI=1S/C17H26N2O/c1-3-15(14-9-5-4-6-10-14)17(20)19-12-16-13(2)8-7-11-18-16/h4-6,9-10,13,15-16,18H,3,7-8,11-12H2,1-2H3,(H,19,20). The monoisotopic (exact) mass is 274 g/mol. The lowest BCUT2D eigenvalue weighted by molar-refractivity contribution is -0.122. The average Bonchev–Trinajstić information content (AvgIpc) is 2.48. The van der Waals surface area contributed by atoms with E-state index in [9.17, 15) is 4.79 Å². The van der Waals surface area contributed by atoms with Crippen LogP contribution in [-0.2, 0) is 4.79 Å². The first-order valence-electron chi connectivity index (χ1n) is 7.78. The van der Waals surface area contributed by atoms with Crippen molar-refractivity contribution in [3.8, 4) is 0 Å². The number of hydrogen-bond acceptors (Lipinski definition) is 2. The van der Waals surface area contributed by atoms with Crippen LogP contribution in [0.15, 0.2) is 30.3 Å². The molecule has 3 nitrogen and oxygen atoms in total. The largest absolute Gasteiger partial charge is 0.354 e. The molecule has 0 saturated carbocycles. The Morgan fingerprint density at radius 2 is 2.15 bits per heavy atom. The second kappa shape index (κ2) is 7.44. The van der Waals surface area contributed by atoms with Crippen molar-refractivity contribution in [2.75, 3.05) is 13.1 Å². The van der Waals surface area contributed by atoms with Crippen molar-refractivity contribution in [1.29, 1.82) is 0 Å². The fourth-order valence-corrected chi connectivity index (χ4v) is 2.98. The van der Waals surface area contributed by atoms with Crippen LogP contribution >= 0.6 is 0 Å². The minimum atomic E-state index is -0.0323. The molecule has 1 amide bonds. The Hall–Kier alpha value is -1.35. The van der Waals surface area contributed by atoms with Crippen LogP contribution in [0.25, 0.3) is 0 Å². The van der Waals surface area contributed by atoms with Gasteiger partial charge in [-0.1, -0.05) is 44.2 Å². The summed E-state index contributed by atoms with van der Waals surface area (Å²) in [5.41, 5.74) is 1.11. The van der Waals surface area contributed by atoms with Crippen LogP contribution in [0.2, 0.25) is 0 Å². The molecule has 1 aromatic rings. The minimum absolute atomic E-state index is 0.0323. The summed E-state index contributed by atoms with van der Waals surface area (Å²) >= 11 is 0. The molecule has 0 aliphatic carbocycles. The van der Waals surface area contributed by atoms with Gasteiger partial charge in [0.15, 0.2) is 0 Å². The summed E-state index contributed by atoms with van der Waals surface area (Å²) < 4.78 is 0. The predicted octanol–water partition coefficient (Wildman–Crippen LogP) is 2.68. The Morgan fingerprint density at radius 1 is 1.40 bits per heavy atom. The lowest BCUT2D eigenvalue weighted by Gasteiger charge is -2.30. The lowest BCUT2D eigenvalue weighted by Crippen LogP contribution is -2.48. The van der Waals surface area contributed by atoms with E-state index < -0.39 is 0 Å². The molecular formula is C17H26N2O. The molecule has 2 N–H and O–H groups in total. The molecule has 1 fully saturated rings. The smallest absolute Gasteiger partial charge is 0.227 e. The zero-order chi connectivity index (χ0) is 14.4. The Balaban J connectivity index is 1.89. The van der Waals surface area contributed by atoms with E-state index in [-0.39, 0.29) is 11.8 Å². The number of carbonyl (C=O) groups excluding carboxylic acids is 1. The van der Waals surface area contributed by atoms with E-state index in [4.69, 9.17) is 0 Å². The highest BCUT2D eigenvalue weighted by Gasteiger charge is 2.23. The van der Waals surface area contributed by atoms with Gasteiger partial charge in [0.1, 0.15) is 0 Å². The molecule has 0 spiro atoms. The molecule has 1 heterocycles. The van der Waals surface area contributed by atoms with Crippen molar-refractivity contribution in [1.82, 2.24) is 10.6 Å². The highest BCUT2D eigenvalue weighted by atomic mass is 16.1. The van der Waals surface area contributed by atoms with Crippen molar-refractivity contribution < 1.29 is 4.79 Å². The van der Waals surface area contributed by atoms with Crippen LogP contribution in [0.5, 0.6) is 0 Å². The fourth-order valence-electron chi connectivity index (χ4n) is 2.98. The van der Waals surface area contributed by atoms with E-state index in [0.29, 0.717) is 12.0 Å². The van der Waals surface area contributed by atoms with E-state index in [2.05, 4.69) is 24.5 Å². The van der Waals surface area contributed by atoms with E-state index in [1.165, 1.54) is 12.8 Å². The topological polar surface area (TPSA) is 41.1 Å². The zero-order valence-electron chi connectivity index (χ0n) is 12.6. The lowest BCUT2D eigenvalue weighted by atomic mass is 9.92. The molecular weight excluding hydrogens is 248 g/mol. The second-order valence-electron chi connectivity index (χ2n) is 5.80. The predicted molar refractivity (Wildman–Crippen MR) is 82.7 cm³/mol. The molecule has 1 aliphatic heterocycles. The van der Waals surface area contributed by atoms with Crippen molar-refractivity contribution in [2.24, 2.45) is 5.92 Å². The number of piperidine rings is 1. The molecule has 3 heteroatoms. The number of hydrogen-bond donors (Lipinski definition) is 2. The number of carbonyl (C=O) groups is 1. The molecule has 1 saturated heterocycles. The number of rotatable bonds is 5. The minimum Gasteiger partial charge on any atom is -0.354 e. The van der Waals surface area contributed by atoms with E-state index >= 15 is 0 Å². The molecule has 0 aromatic heterocycles. The summed E-state index contributed by atoms with van der Waals surface area (Å²) in [6.45, 7) is 6.14. The van der Waals surface area contributed by atoms with Crippen molar-refractivity contribution >= 4 is 5.91 Å². The molecule has 0 bridgehead atoms. The Bertz CT molecular complexity index is 418. The Labute approximate surface area is 122 Å². The highest BCUT2D eigenvalue weighted by Crippen LogP contribution is 2.20. The normalized spacial score (nSPS) is 24.1. The summed E-state index contributed by atoms with van der Waals surface area (Å²) in [5.74, 6) is 0.759. The van der Waals surface area contributed by atoms with Gasteiger partial charge >= 0.3 is 0 Å². The third-order valence-corrected chi connectivity index (χ3v) is 4.35. The molecule has 20 heavy (non-hydrogen) atoms. The quantitative estimate of drug-likeness (QED) is 0.867. The van der Waals surface area contributed by atoms with Gasteiger partial charge < -0.3 is 10.6 Å². The van der Waals surface area contributed by atoms with Crippen LogP contribution in [0.1, 0.15) is 44.6 Å². The van der Waals surface area contributed by atoms with Gasteiger partial charge in [0.2, 0.25) is 5.91 Å².